The largest absolute Gasteiger partial charge is 0.496 e. The third kappa shape index (κ3) is 3.59. The Hall–Kier alpha value is -2.80. The number of nitrogens with zero attached hydrogens (tertiary/aromatic N) is 2. The second kappa shape index (κ2) is 6.95. The van der Waals surface area contributed by atoms with Crippen LogP contribution in [0, 0.1) is 11.3 Å². The number of para-hydroxylation sites is 1. The number of ether oxygens (including phenoxy) is 1. The van der Waals surface area contributed by atoms with E-state index in [2.05, 4.69) is 11.2 Å². The van der Waals surface area contributed by atoms with Gasteiger partial charge in [-0.1, -0.05) is 35.5 Å². The van der Waals surface area contributed by atoms with Crippen molar-refractivity contribution in [2.45, 2.75) is 6.61 Å². The maximum absolute atomic E-state index is 8.70. The van der Waals surface area contributed by atoms with Crippen molar-refractivity contribution in [3.05, 3.63) is 65.2 Å². The van der Waals surface area contributed by atoms with Crippen LogP contribution in [-0.2, 0) is 11.4 Å². The van der Waals surface area contributed by atoms with Crippen LogP contribution in [0.15, 0.2) is 53.7 Å². The van der Waals surface area contributed by atoms with Crippen LogP contribution in [-0.4, -0.2) is 13.3 Å². The Morgan fingerprint density at radius 3 is 2.60 bits per heavy atom. The minimum absolute atomic E-state index is 0.344. The highest BCUT2D eigenvalue weighted by Crippen LogP contribution is 2.17. The summed E-state index contributed by atoms with van der Waals surface area (Å²) in [6, 6.07) is 16.8. The van der Waals surface area contributed by atoms with E-state index in [1.165, 1.54) is 0 Å². The summed E-state index contributed by atoms with van der Waals surface area (Å²) in [6.07, 6.45) is 1.61. The number of hydrogen-bond donors (Lipinski definition) is 0. The second-order valence-corrected chi connectivity index (χ2v) is 4.05. The molecule has 0 aromatic heterocycles. The average molecular weight is 266 g/mol. The molecule has 0 amide bonds. The molecule has 0 radical (unpaired) electrons. The minimum atomic E-state index is 0.344. The first-order valence-electron chi connectivity index (χ1n) is 6.11. The molecule has 2 aromatic carbocycles. The first-order chi connectivity index (χ1) is 9.83. The monoisotopic (exact) mass is 266 g/mol. The average Bonchev–Trinajstić information content (AvgIpc) is 2.52. The van der Waals surface area contributed by atoms with Crippen molar-refractivity contribution in [2.75, 3.05) is 7.11 Å². The Labute approximate surface area is 117 Å². The number of methoxy groups -OCH3 is 1. The Kier molecular flexibility index (Phi) is 4.74. The molecule has 0 aliphatic heterocycles. The first kappa shape index (κ1) is 13.6. The lowest BCUT2D eigenvalue weighted by Gasteiger charge is -2.06. The van der Waals surface area contributed by atoms with Gasteiger partial charge in [0, 0.05) is 5.56 Å². The van der Waals surface area contributed by atoms with Crippen LogP contribution in [0.4, 0.5) is 0 Å². The van der Waals surface area contributed by atoms with Gasteiger partial charge in [-0.2, -0.15) is 5.26 Å². The zero-order valence-corrected chi connectivity index (χ0v) is 11.1. The Bertz CT molecular complexity index is 628. The summed E-state index contributed by atoms with van der Waals surface area (Å²) < 4.78 is 5.22. The molecule has 100 valence electrons. The van der Waals surface area contributed by atoms with E-state index in [-0.39, 0.29) is 0 Å². The summed E-state index contributed by atoms with van der Waals surface area (Å²) in [5, 5.41) is 12.6. The van der Waals surface area contributed by atoms with Crippen LogP contribution in [0.2, 0.25) is 0 Å². The van der Waals surface area contributed by atoms with E-state index in [0.29, 0.717) is 12.2 Å². The molecular formula is C16H14N2O2. The van der Waals surface area contributed by atoms with Crippen LogP contribution in [0.3, 0.4) is 0 Å². The van der Waals surface area contributed by atoms with E-state index in [1.807, 2.05) is 36.4 Å². The summed E-state index contributed by atoms with van der Waals surface area (Å²) >= 11 is 0. The minimum Gasteiger partial charge on any atom is -0.496 e. The highest BCUT2D eigenvalue weighted by atomic mass is 16.6. The van der Waals surface area contributed by atoms with Crippen molar-refractivity contribution < 1.29 is 9.57 Å². The molecule has 2 aromatic rings. The van der Waals surface area contributed by atoms with Gasteiger partial charge in [0.1, 0.15) is 12.4 Å². The maximum Gasteiger partial charge on any atom is 0.145 e. The van der Waals surface area contributed by atoms with Gasteiger partial charge < -0.3 is 9.57 Å². The van der Waals surface area contributed by atoms with E-state index in [9.17, 15) is 0 Å². The van der Waals surface area contributed by atoms with Gasteiger partial charge in [-0.3, -0.25) is 0 Å². The van der Waals surface area contributed by atoms with E-state index >= 15 is 0 Å². The van der Waals surface area contributed by atoms with Crippen molar-refractivity contribution in [1.29, 1.82) is 5.26 Å². The van der Waals surface area contributed by atoms with E-state index in [1.54, 1.807) is 25.5 Å². The second-order valence-electron chi connectivity index (χ2n) is 4.05. The number of rotatable bonds is 5. The van der Waals surface area contributed by atoms with Crippen molar-refractivity contribution in [1.82, 2.24) is 0 Å². The molecule has 0 unspecified atom stereocenters. The maximum atomic E-state index is 8.70. The molecule has 4 nitrogen and oxygen atoms in total. The molecule has 0 N–H and O–H groups in total. The molecule has 0 bridgehead atoms. The van der Waals surface area contributed by atoms with Gasteiger partial charge in [0.2, 0.25) is 0 Å². The fourth-order valence-corrected chi connectivity index (χ4v) is 1.67. The highest BCUT2D eigenvalue weighted by Gasteiger charge is 2.00. The zero-order valence-electron chi connectivity index (χ0n) is 11.1. The normalized spacial score (nSPS) is 10.2. The number of hydrogen-bond acceptors (Lipinski definition) is 4. The third-order valence-corrected chi connectivity index (χ3v) is 2.73. The summed E-state index contributed by atoms with van der Waals surface area (Å²) in [7, 11) is 1.62. The van der Waals surface area contributed by atoms with Gasteiger partial charge in [0.25, 0.3) is 0 Å². The molecule has 0 saturated carbocycles. The number of oxime groups is 1. The molecule has 2 rings (SSSR count). The number of nitriles is 1. The van der Waals surface area contributed by atoms with Crippen LogP contribution < -0.4 is 4.74 Å². The van der Waals surface area contributed by atoms with Crippen LogP contribution >= 0.6 is 0 Å². The van der Waals surface area contributed by atoms with Crippen LogP contribution in [0.1, 0.15) is 16.7 Å². The quantitative estimate of drug-likeness (QED) is 0.617. The molecule has 20 heavy (non-hydrogen) atoms. The molecule has 0 aliphatic rings. The summed E-state index contributed by atoms with van der Waals surface area (Å²) in [5.41, 5.74) is 2.44. The van der Waals surface area contributed by atoms with E-state index in [4.69, 9.17) is 14.8 Å². The molecule has 0 heterocycles. The topological polar surface area (TPSA) is 54.6 Å². The van der Waals surface area contributed by atoms with Gasteiger partial charge in [0.05, 0.1) is 25.0 Å². The van der Waals surface area contributed by atoms with Crippen LogP contribution in [0.5, 0.6) is 5.75 Å². The van der Waals surface area contributed by atoms with Crippen LogP contribution in [0.25, 0.3) is 0 Å². The lowest BCUT2D eigenvalue weighted by molar-refractivity contribution is 0.130. The zero-order chi connectivity index (χ0) is 14.2. The molecule has 0 aliphatic carbocycles. The van der Waals surface area contributed by atoms with Gasteiger partial charge in [-0.05, 0) is 23.8 Å². The smallest absolute Gasteiger partial charge is 0.145 e. The summed E-state index contributed by atoms with van der Waals surface area (Å²) in [4.78, 5) is 5.25. The Morgan fingerprint density at radius 1 is 1.15 bits per heavy atom. The molecular weight excluding hydrogens is 252 g/mol. The third-order valence-electron chi connectivity index (χ3n) is 2.73. The van der Waals surface area contributed by atoms with Crippen molar-refractivity contribution >= 4 is 6.21 Å². The van der Waals surface area contributed by atoms with Gasteiger partial charge in [-0.25, -0.2) is 0 Å². The van der Waals surface area contributed by atoms with Crippen molar-refractivity contribution in [3.8, 4) is 11.8 Å². The fourth-order valence-electron chi connectivity index (χ4n) is 1.67. The fraction of sp³-hybridized carbons (Fsp3) is 0.125. The molecule has 0 atom stereocenters. The molecule has 0 fully saturated rings. The van der Waals surface area contributed by atoms with Gasteiger partial charge in [0.15, 0.2) is 0 Å². The van der Waals surface area contributed by atoms with Gasteiger partial charge >= 0.3 is 0 Å². The van der Waals surface area contributed by atoms with Gasteiger partial charge in [-0.15, -0.1) is 0 Å². The number of benzene rings is 2. The molecule has 4 heteroatoms. The SMILES string of the molecule is COc1ccccc1CON=Cc1ccc(C#N)cc1. The lowest BCUT2D eigenvalue weighted by atomic mass is 10.2. The first-order valence-corrected chi connectivity index (χ1v) is 6.11. The van der Waals surface area contributed by atoms with E-state index in [0.717, 1.165) is 16.9 Å². The highest BCUT2D eigenvalue weighted by molar-refractivity contribution is 5.79. The Balaban J connectivity index is 1.92. The predicted molar refractivity (Wildman–Crippen MR) is 76.5 cm³/mol. The van der Waals surface area contributed by atoms with Crippen molar-refractivity contribution in [2.24, 2.45) is 5.16 Å². The summed E-state index contributed by atoms with van der Waals surface area (Å²) in [6.45, 7) is 0.344. The van der Waals surface area contributed by atoms with Crippen molar-refractivity contribution in [3.63, 3.8) is 0 Å². The summed E-state index contributed by atoms with van der Waals surface area (Å²) in [5.74, 6) is 0.779. The molecule has 0 spiro atoms. The lowest BCUT2D eigenvalue weighted by Crippen LogP contribution is -1.93. The van der Waals surface area contributed by atoms with E-state index < -0.39 is 0 Å². The predicted octanol–water partition coefficient (Wildman–Crippen LogP) is 3.12. The molecule has 0 saturated heterocycles. The standard InChI is InChI=1S/C16H14N2O2/c1-19-16-5-3-2-4-15(16)12-20-18-11-14-8-6-13(10-17)7-9-14/h2-9,11H,12H2,1H3. The Morgan fingerprint density at radius 2 is 1.90 bits per heavy atom.